The first-order valence-electron chi connectivity index (χ1n) is 13.0. The highest BCUT2D eigenvalue weighted by molar-refractivity contribution is 6.00. The van der Waals surface area contributed by atoms with Crippen LogP contribution in [0.4, 0.5) is 0 Å². The van der Waals surface area contributed by atoms with Gasteiger partial charge in [-0.1, -0.05) is 19.9 Å². The van der Waals surface area contributed by atoms with Crippen LogP contribution in [0, 0.1) is 5.41 Å². The van der Waals surface area contributed by atoms with E-state index < -0.39 is 5.92 Å². The molecule has 40 heavy (non-hydrogen) atoms. The Bertz CT molecular complexity index is 1640. The zero-order valence-electron chi connectivity index (χ0n) is 23.1. The van der Waals surface area contributed by atoms with E-state index in [9.17, 15) is 4.79 Å². The number of allylic oxidation sites excluding steroid dienone is 2. The van der Waals surface area contributed by atoms with Gasteiger partial charge in [0.2, 0.25) is 5.88 Å². The van der Waals surface area contributed by atoms with Crippen LogP contribution in [0.2, 0.25) is 0 Å². The molecule has 10 heteroatoms. The Labute approximate surface area is 231 Å². The number of fused-ring (bicyclic) bond motifs is 3. The predicted molar refractivity (Wildman–Crippen MR) is 145 cm³/mol. The minimum atomic E-state index is -0.474. The SMILES string of the molecule is COc1ccc(OCc2nc3c4c(ncn3n2)OC2=C(C(=O)CC(C)(C)C2)C4c2ccc(OC)c(OC)c2)cc1. The predicted octanol–water partition coefficient (Wildman–Crippen LogP) is 4.90. The lowest BCUT2D eigenvalue weighted by Gasteiger charge is -2.37. The van der Waals surface area contributed by atoms with E-state index in [0.717, 1.165) is 11.3 Å². The Balaban J connectivity index is 1.45. The zero-order valence-corrected chi connectivity index (χ0v) is 23.1. The molecule has 1 aliphatic carbocycles. The molecule has 0 N–H and O–H groups in total. The first kappa shape index (κ1) is 25.7. The first-order chi connectivity index (χ1) is 19.3. The summed E-state index contributed by atoms with van der Waals surface area (Å²) in [7, 11) is 4.80. The molecule has 206 valence electrons. The molecular weight excluding hydrogens is 512 g/mol. The Morgan fingerprint density at radius 2 is 1.73 bits per heavy atom. The van der Waals surface area contributed by atoms with Gasteiger partial charge >= 0.3 is 0 Å². The molecule has 2 aliphatic rings. The van der Waals surface area contributed by atoms with Gasteiger partial charge < -0.3 is 23.7 Å². The van der Waals surface area contributed by atoms with Crippen LogP contribution in [-0.4, -0.2) is 46.7 Å². The van der Waals surface area contributed by atoms with Gasteiger partial charge in [-0.2, -0.15) is 0 Å². The maximum Gasteiger partial charge on any atom is 0.228 e. The molecule has 10 nitrogen and oxygen atoms in total. The highest BCUT2D eigenvalue weighted by atomic mass is 16.5. The van der Waals surface area contributed by atoms with Crippen molar-refractivity contribution in [1.29, 1.82) is 0 Å². The fourth-order valence-electron chi connectivity index (χ4n) is 5.44. The number of ether oxygens (including phenoxy) is 5. The van der Waals surface area contributed by atoms with Gasteiger partial charge in [-0.15, -0.1) is 5.10 Å². The van der Waals surface area contributed by atoms with Crippen LogP contribution in [0.25, 0.3) is 5.65 Å². The number of ketones is 1. The van der Waals surface area contributed by atoms with Gasteiger partial charge in [0, 0.05) is 18.4 Å². The summed E-state index contributed by atoms with van der Waals surface area (Å²) < 4.78 is 30.1. The van der Waals surface area contributed by atoms with Gasteiger partial charge in [0.15, 0.2) is 28.8 Å². The van der Waals surface area contributed by atoms with Crippen LogP contribution < -0.4 is 23.7 Å². The molecule has 0 radical (unpaired) electrons. The van der Waals surface area contributed by atoms with E-state index in [2.05, 4.69) is 23.9 Å². The van der Waals surface area contributed by atoms with E-state index in [-0.39, 0.29) is 17.8 Å². The summed E-state index contributed by atoms with van der Waals surface area (Å²) >= 11 is 0. The topological polar surface area (TPSA) is 106 Å². The van der Waals surface area contributed by atoms with Crippen molar-refractivity contribution in [2.75, 3.05) is 21.3 Å². The number of methoxy groups -OCH3 is 3. The third kappa shape index (κ3) is 4.49. The van der Waals surface area contributed by atoms with Crippen molar-refractivity contribution in [1.82, 2.24) is 19.6 Å². The van der Waals surface area contributed by atoms with E-state index >= 15 is 0 Å². The number of benzene rings is 2. The van der Waals surface area contributed by atoms with Crippen molar-refractivity contribution in [3.05, 3.63) is 77.1 Å². The largest absolute Gasteiger partial charge is 0.497 e. The first-order valence-corrected chi connectivity index (χ1v) is 13.0. The minimum absolute atomic E-state index is 0.0428. The molecule has 6 rings (SSSR count). The highest BCUT2D eigenvalue weighted by Gasteiger charge is 2.44. The Morgan fingerprint density at radius 1 is 0.975 bits per heavy atom. The molecule has 0 saturated carbocycles. The van der Waals surface area contributed by atoms with Gasteiger partial charge in [0.25, 0.3) is 0 Å². The molecule has 2 aromatic heterocycles. The summed E-state index contributed by atoms with van der Waals surface area (Å²) in [6.45, 7) is 4.29. The highest BCUT2D eigenvalue weighted by Crippen LogP contribution is 2.51. The second kappa shape index (κ2) is 9.86. The molecule has 0 spiro atoms. The lowest BCUT2D eigenvalue weighted by molar-refractivity contribution is -0.118. The van der Waals surface area contributed by atoms with Gasteiger partial charge in [-0.05, 0) is 47.4 Å². The fourth-order valence-corrected chi connectivity index (χ4v) is 5.44. The van der Waals surface area contributed by atoms with Crippen molar-refractivity contribution in [2.45, 2.75) is 39.2 Å². The summed E-state index contributed by atoms with van der Waals surface area (Å²) in [5.74, 6) is 3.66. The number of rotatable bonds is 7. The summed E-state index contributed by atoms with van der Waals surface area (Å²) in [6, 6.07) is 13.0. The van der Waals surface area contributed by atoms with Gasteiger partial charge in [0.05, 0.1) is 32.8 Å². The van der Waals surface area contributed by atoms with Crippen molar-refractivity contribution >= 4 is 11.4 Å². The summed E-state index contributed by atoms with van der Waals surface area (Å²) in [5, 5.41) is 4.60. The maximum absolute atomic E-state index is 13.7. The molecule has 1 aliphatic heterocycles. The molecule has 0 fully saturated rings. The third-order valence-electron chi connectivity index (χ3n) is 7.28. The number of nitrogens with zero attached hydrogens (tertiary/aromatic N) is 4. The minimum Gasteiger partial charge on any atom is -0.497 e. The van der Waals surface area contributed by atoms with Crippen LogP contribution in [0.3, 0.4) is 0 Å². The van der Waals surface area contributed by atoms with Crippen LogP contribution in [-0.2, 0) is 11.4 Å². The van der Waals surface area contributed by atoms with E-state index in [1.165, 1.54) is 0 Å². The summed E-state index contributed by atoms with van der Waals surface area (Å²) in [6.07, 6.45) is 2.61. The zero-order chi connectivity index (χ0) is 28.0. The summed E-state index contributed by atoms with van der Waals surface area (Å²) in [4.78, 5) is 23.1. The molecule has 0 bridgehead atoms. The van der Waals surface area contributed by atoms with Crippen molar-refractivity contribution in [3.8, 4) is 28.9 Å². The van der Waals surface area contributed by atoms with E-state index in [0.29, 0.717) is 64.3 Å². The number of hydrogen-bond acceptors (Lipinski definition) is 9. The Hall–Kier alpha value is -4.60. The van der Waals surface area contributed by atoms with E-state index in [1.807, 2.05) is 42.5 Å². The van der Waals surface area contributed by atoms with Crippen molar-refractivity contribution in [2.24, 2.45) is 5.41 Å². The molecule has 0 saturated heterocycles. The van der Waals surface area contributed by atoms with E-state index in [1.54, 1.807) is 32.2 Å². The molecule has 2 aromatic carbocycles. The number of hydrogen-bond donors (Lipinski definition) is 0. The molecular formula is C30H30N4O6. The van der Waals surface area contributed by atoms with Crippen molar-refractivity contribution in [3.63, 3.8) is 0 Å². The standard InChI is InChI=1S/C30H30N4O6/c1-30(2)13-20(35)26-23(14-30)40-29-27(25(26)17-6-11-21(37-4)22(12-17)38-5)28-32-24(33-34(28)16-31-29)15-39-19-9-7-18(36-3)8-10-19/h6-12,16,25H,13-15H2,1-5H3. The monoisotopic (exact) mass is 542 g/mol. The molecule has 1 atom stereocenters. The maximum atomic E-state index is 13.7. The number of Topliss-reactive ketones (excluding diaryl/α,β-unsaturated/α-hetero) is 1. The van der Waals surface area contributed by atoms with Gasteiger partial charge in [-0.25, -0.2) is 14.5 Å². The average molecular weight is 543 g/mol. The Kier molecular flexibility index (Phi) is 6.32. The summed E-state index contributed by atoms with van der Waals surface area (Å²) in [5.41, 5.74) is 2.46. The van der Waals surface area contributed by atoms with Gasteiger partial charge in [-0.3, -0.25) is 4.79 Å². The number of carbonyl (C=O) groups is 1. The lowest BCUT2D eigenvalue weighted by atomic mass is 9.70. The molecule has 1 unspecified atom stereocenters. The van der Waals surface area contributed by atoms with Crippen LogP contribution >= 0.6 is 0 Å². The van der Waals surface area contributed by atoms with Crippen molar-refractivity contribution < 1.29 is 28.5 Å². The molecule has 4 aromatic rings. The van der Waals surface area contributed by atoms with E-state index in [4.69, 9.17) is 28.7 Å². The fraction of sp³-hybridized carbons (Fsp3) is 0.333. The Morgan fingerprint density at radius 3 is 2.45 bits per heavy atom. The van der Waals surface area contributed by atoms with Crippen LogP contribution in [0.1, 0.15) is 49.6 Å². The van der Waals surface area contributed by atoms with Crippen LogP contribution in [0.15, 0.2) is 60.1 Å². The number of carbonyl (C=O) groups excluding carboxylic acids is 1. The quantitative estimate of drug-likeness (QED) is 0.322. The second-order valence-electron chi connectivity index (χ2n) is 10.7. The average Bonchev–Trinajstić information content (AvgIpc) is 3.37. The molecule has 3 heterocycles. The van der Waals surface area contributed by atoms with Gasteiger partial charge in [0.1, 0.15) is 30.2 Å². The molecule has 0 amide bonds. The van der Waals surface area contributed by atoms with Crippen LogP contribution in [0.5, 0.6) is 28.9 Å². The number of aromatic nitrogens is 4. The smallest absolute Gasteiger partial charge is 0.228 e. The normalized spacial score (nSPS) is 17.6. The third-order valence-corrected chi connectivity index (χ3v) is 7.28. The second-order valence-corrected chi connectivity index (χ2v) is 10.7. The lowest BCUT2D eigenvalue weighted by Crippen LogP contribution is -2.33.